The van der Waals surface area contributed by atoms with Gasteiger partial charge in [0.15, 0.2) is 0 Å². The molecule has 1 saturated heterocycles. The van der Waals surface area contributed by atoms with Crippen LogP contribution in [0.15, 0.2) is 12.1 Å². The van der Waals surface area contributed by atoms with Gasteiger partial charge in [-0.2, -0.15) is 0 Å². The molecule has 2 N–H and O–H groups in total. The average Bonchev–Trinajstić information content (AvgIpc) is 2.52. The minimum Gasteiger partial charge on any atom is -0.496 e. The van der Waals surface area contributed by atoms with Crippen molar-refractivity contribution in [3.05, 3.63) is 22.7 Å². The highest BCUT2D eigenvalue weighted by molar-refractivity contribution is 6.33. The summed E-state index contributed by atoms with van der Waals surface area (Å²) in [6.45, 7) is 5.65. The standard InChI is InChI=1S/C18H27ClN2O2/c1-13-5-8-21(9-6-13)7-3-4-15(22)10-14-11-16(19)17(20)12-18(14)23-2/h11-13H,3-10,20H2,1-2H3. The lowest BCUT2D eigenvalue weighted by atomic mass is 9.99. The summed E-state index contributed by atoms with van der Waals surface area (Å²) in [4.78, 5) is 14.7. The van der Waals surface area contributed by atoms with E-state index in [1.54, 1.807) is 19.2 Å². The lowest BCUT2D eigenvalue weighted by molar-refractivity contribution is -0.118. The Morgan fingerprint density at radius 3 is 2.74 bits per heavy atom. The van der Waals surface area contributed by atoms with Gasteiger partial charge < -0.3 is 15.4 Å². The topological polar surface area (TPSA) is 55.6 Å². The lowest BCUT2D eigenvalue weighted by Gasteiger charge is -2.30. The second kappa shape index (κ2) is 8.55. The van der Waals surface area contributed by atoms with Crippen molar-refractivity contribution in [3.8, 4) is 5.75 Å². The van der Waals surface area contributed by atoms with Gasteiger partial charge in [-0.3, -0.25) is 4.79 Å². The summed E-state index contributed by atoms with van der Waals surface area (Å²) < 4.78 is 5.29. The van der Waals surface area contributed by atoms with Crippen LogP contribution in [0.5, 0.6) is 5.75 Å². The molecule has 0 spiro atoms. The number of carbonyl (C=O) groups excluding carboxylic acids is 1. The number of nitrogen functional groups attached to an aromatic ring is 1. The van der Waals surface area contributed by atoms with E-state index in [4.69, 9.17) is 22.1 Å². The Bertz CT molecular complexity index is 540. The molecule has 5 heteroatoms. The number of hydrogen-bond acceptors (Lipinski definition) is 4. The summed E-state index contributed by atoms with van der Waals surface area (Å²) in [5.74, 6) is 1.69. The van der Waals surface area contributed by atoms with Gasteiger partial charge in [0, 0.05) is 24.5 Å². The van der Waals surface area contributed by atoms with Crippen LogP contribution in [-0.4, -0.2) is 37.4 Å². The average molecular weight is 339 g/mol. The van der Waals surface area contributed by atoms with E-state index in [1.807, 2.05) is 0 Å². The van der Waals surface area contributed by atoms with Gasteiger partial charge >= 0.3 is 0 Å². The van der Waals surface area contributed by atoms with Crippen molar-refractivity contribution in [2.24, 2.45) is 5.92 Å². The third-order valence-electron chi connectivity index (χ3n) is 4.59. The molecule has 0 amide bonds. The van der Waals surface area contributed by atoms with Gasteiger partial charge in [-0.15, -0.1) is 0 Å². The summed E-state index contributed by atoms with van der Waals surface area (Å²) in [7, 11) is 1.58. The molecule has 0 aliphatic carbocycles. The largest absolute Gasteiger partial charge is 0.496 e. The van der Waals surface area contributed by atoms with E-state index in [1.165, 1.54) is 12.8 Å². The summed E-state index contributed by atoms with van der Waals surface area (Å²) in [6.07, 6.45) is 4.40. The number of piperidine rings is 1. The van der Waals surface area contributed by atoms with Crippen LogP contribution in [0.4, 0.5) is 5.69 Å². The SMILES string of the molecule is COc1cc(N)c(Cl)cc1CC(=O)CCCN1CCC(C)CC1. The first-order valence-corrected chi connectivity index (χ1v) is 8.73. The second-order valence-corrected chi connectivity index (χ2v) is 6.94. The van der Waals surface area contributed by atoms with Gasteiger partial charge in [-0.25, -0.2) is 0 Å². The Morgan fingerprint density at radius 1 is 1.39 bits per heavy atom. The first-order chi connectivity index (χ1) is 11.0. The van der Waals surface area contributed by atoms with E-state index in [9.17, 15) is 4.79 Å². The van der Waals surface area contributed by atoms with E-state index in [-0.39, 0.29) is 5.78 Å². The molecule has 0 atom stereocenters. The van der Waals surface area contributed by atoms with Gasteiger partial charge in [0.25, 0.3) is 0 Å². The highest BCUT2D eigenvalue weighted by Gasteiger charge is 2.16. The zero-order chi connectivity index (χ0) is 16.8. The third-order valence-corrected chi connectivity index (χ3v) is 4.92. The molecular weight excluding hydrogens is 312 g/mol. The van der Waals surface area contributed by atoms with Gasteiger partial charge in [0.2, 0.25) is 0 Å². The third kappa shape index (κ3) is 5.40. The number of hydrogen-bond donors (Lipinski definition) is 1. The molecule has 0 unspecified atom stereocenters. The monoisotopic (exact) mass is 338 g/mol. The lowest BCUT2D eigenvalue weighted by Crippen LogP contribution is -2.33. The molecular formula is C18H27ClN2O2. The number of carbonyl (C=O) groups is 1. The zero-order valence-electron chi connectivity index (χ0n) is 14.1. The molecule has 23 heavy (non-hydrogen) atoms. The predicted molar refractivity (Wildman–Crippen MR) is 95.2 cm³/mol. The first-order valence-electron chi connectivity index (χ1n) is 8.35. The number of Topliss-reactive ketones (excluding diaryl/α,β-unsaturated/α-hetero) is 1. The highest BCUT2D eigenvalue weighted by Crippen LogP contribution is 2.29. The number of nitrogens with zero attached hydrogens (tertiary/aromatic N) is 1. The molecule has 0 aromatic heterocycles. The van der Waals surface area contributed by atoms with Crippen LogP contribution in [0.1, 0.15) is 38.2 Å². The molecule has 1 heterocycles. The van der Waals surface area contributed by atoms with Crippen LogP contribution in [0.3, 0.4) is 0 Å². The highest BCUT2D eigenvalue weighted by atomic mass is 35.5. The fourth-order valence-electron chi connectivity index (χ4n) is 3.02. The number of rotatable bonds is 7. The van der Waals surface area contributed by atoms with Gasteiger partial charge in [0.1, 0.15) is 11.5 Å². The van der Waals surface area contributed by atoms with Crippen LogP contribution in [0.2, 0.25) is 5.02 Å². The number of halogens is 1. The molecule has 1 fully saturated rings. The van der Waals surface area contributed by atoms with Crippen LogP contribution < -0.4 is 10.5 Å². The Labute approximate surface area is 143 Å². The Morgan fingerprint density at radius 2 is 2.09 bits per heavy atom. The number of ether oxygens (including phenoxy) is 1. The normalized spacial score (nSPS) is 16.5. The Hall–Kier alpha value is -1.26. The first kappa shape index (κ1) is 18.1. The van der Waals surface area contributed by atoms with Gasteiger partial charge in [-0.05, 0) is 50.9 Å². The number of benzene rings is 1. The minimum atomic E-state index is 0.217. The zero-order valence-corrected chi connectivity index (χ0v) is 14.9. The number of ketones is 1. The summed E-state index contributed by atoms with van der Waals surface area (Å²) >= 11 is 6.05. The van der Waals surface area contributed by atoms with E-state index in [2.05, 4.69) is 11.8 Å². The van der Waals surface area contributed by atoms with E-state index in [0.29, 0.717) is 29.3 Å². The quantitative estimate of drug-likeness (QED) is 0.772. The van der Waals surface area contributed by atoms with Crippen molar-refractivity contribution in [3.63, 3.8) is 0 Å². The second-order valence-electron chi connectivity index (χ2n) is 6.53. The fraction of sp³-hybridized carbons (Fsp3) is 0.611. The summed E-state index contributed by atoms with van der Waals surface area (Å²) in [5.41, 5.74) is 7.05. The van der Waals surface area contributed by atoms with Crippen molar-refractivity contribution < 1.29 is 9.53 Å². The van der Waals surface area contributed by atoms with Gasteiger partial charge in [0.05, 0.1) is 17.8 Å². The summed E-state index contributed by atoms with van der Waals surface area (Å²) in [5, 5.41) is 0.469. The Balaban J connectivity index is 1.80. The number of nitrogens with two attached hydrogens (primary N) is 1. The minimum absolute atomic E-state index is 0.217. The molecule has 0 saturated carbocycles. The van der Waals surface area contributed by atoms with Crippen molar-refractivity contribution in [2.75, 3.05) is 32.5 Å². The van der Waals surface area contributed by atoms with Crippen molar-refractivity contribution in [1.82, 2.24) is 4.90 Å². The molecule has 0 bridgehead atoms. The molecule has 128 valence electrons. The maximum Gasteiger partial charge on any atom is 0.137 e. The molecule has 1 aromatic rings. The van der Waals surface area contributed by atoms with Gasteiger partial charge in [-0.1, -0.05) is 18.5 Å². The van der Waals surface area contributed by atoms with Crippen molar-refractivity contribution in [1.29, 1.82) is 0 Å². The van der Waals surface area contributed by atoms with Crippen LogP contribution >= 0.6 is 11.6 Å². The smallest absolute Gasteiger partial charge is 0.137 e. The van der Waals surface area contributed by atoms with Crippen molar-refractivity contribution >= 4 is 23.1 Å². The van der Waals surface area contributed by atoms with Crippen LogP contribution in [-0.2, 0) is 11.2 Å². The number of anilines is 1. The molecule has 1 aromatic carbocycles. The fourth-order valence-corrected chi connectivity index (χ4v) is 3.21. The maximum atomic E-state index is 12.2. The van der Waals surface area contributed by atoms with Crippen LogP contribution in [0.25, 0.3) is 0 Å². The maximum absolute atomic E-state index is 12.2. The predicted octanol–water partition coefficient (Wildman–Crippen LogP) is 3.55. The van der Waals surface area contributed by atoms with Crippen molar-refractivity contribution in [2.45, 2.75) is 39.0 Å². The van der Waals surface area contributed by atoms with E-state index < -0.39 is 0 Å². The van der Waals surface area contributed by atoms with Crippen LogP contribution in [0, 0.1) is 5.92 Å². The van der Waals surface area contributed by atoms with E-state index >= 15 is 0 Å². The molecule has 0 radical (unpaired) electrons. The van der Waals surface area contributed by atoms with E-state index in [0.717, 1.165) is 37.5 Å². The molecule has 2 rings (SSSR count). The number of methoxy groups -OCH3 is 1. The molecule has 1 aliphatic heterocycles. The molecule has 4 nitrogen and oxygen atoms in total. The summed E-state index contributed by atoms with van der Waals surface area (Å²) in [6, 6.07) is 3.42. The molecule has 1 aliphatic rings. The Kier molecular flexibility index (Phi) is 6.72. The number of likely N-dealkylation sites (tertiary alicyclic amines) is 1.